The van der Waals surface area contributed by atoms with E-state index in [1.807, 2.05) is 20.8 Å². The van der Waals surface area contributed by atoms with Crippen LogP contribution >= 0.6 is 11.6 Å². The van der Waals surface area contributed by atoms with Crippen molar-refractivity contribution in [3.8, 4) is 0 Å². The lowest BCUT2D eigenvalue weighted by Gasteiger charge is -2.29. The molecule has 1 amide bonds. The Hall–Kier alpha value is -1.55. The zero-order chi connectivity index (χ0) is 15.3. The van der Waals surface area contributed by atoms with Crippen LogP contribution in [0.5, 0.6) is 0 Å². The number of carbonyl (C=O) groups is 2. The Morgan fingerprint density at radius 3 is 2.25 bits per heavy atom. The van der Waals surface area contributed by atoms with Crippen LogP contribution < -0.4 is 5.32 Å². The van der Waals surface area contributed by atoms with Crippen LogP contribution in [0.2, 0.25) is 5.02 Å². The maximum absolute atomic E-state index is 12.0. The van der Waals surface area contributed by atoms with Crippen molar-refractivity contribution in [3.05, 3.63) is 34.9 Å². The minimum atomic E-state index is -0.856. The van der Waals surface area contributed by atoms with E-state index in [4.69, 9.17) is 16.7 Å². The fraction of sp³-hybridized carbons (Fsp3) is 0.467. The van der Waals surface area contributed by atoms with Gasteiger partial charge < -0.3 is 10.4 Å². The van der Waals surface area contributed by atoms with Gasteiger partial charge in [-0.3, -0.25) is 9.59 Å². The van der Waals surface area contributed by atoms with E-state index < -0.39 is 5.97 Å². The average Bonchev–Trinajstić information content (AvgIpc) is 2.33. The predicted octanol–water partition coefficient (Wildman–Crippen LogP) is 3.21. The number of aliphatic carboxylic acids is 1. The number of rotatable bonds is 5. The summed E-state index contributed by atoms with van der Waals surface area (Å²) in [6.45, 7) is 6.23. The van der Waals surface area contributed by atoms with Crippen molar-refractivity contribution in [1.82, 2.24) is 5.32 Å². The largest absolute Gasteiger partial charge is 0.481 e. The minimum Gasteiger partial charge on any atom is -0.481 e. The van der Waals surface area contributed by atoms with E-state index in [2.05, 4.69) is 5.32 Å². The molecule has 1 aromatic rings. The Balaban J connectivity index is 2.65. The van der Waals surface area contributed by atoms with Gasteiger partial charge >= 0.3 is 5.97 Å². The van der Waals surface area contributed by atoms with Crippen molar-refractivity contribution in [2.75, 3.05) is 6.54 Å². The molecule has 0 radical (unpaired) electrons. The van der Waals surface area contributed by atoms with Gasteiger partial charge in [0.05, 0.1) is 6.42 Å². The summed E-state index contributed by atoms with van der Waals surface area (Å²) in [5.41, 5.74) is 0.323. The van der Waals surface area contributed by atoms with Crippen LogP contribution in [-0.4, -0.2) is 23.5 Å². The molecule has 0 aliphatic rings. The molecule has 1 unspecified atom stereocenters. The van der Waals surface area contributed by atoms with Gasteiger partial charge in [-0.05, 0) is 35.6 Å². The van der Waals surface area contributed by atoms with E-state index in [-0.39, 0.29) is 23.7 Å². The number of benzene rings is 1. The van der Waals surface area contributed by atoms with Crippen molar-refractivity contribution < 1.29 is 14.7 Å². The normalized spacial score (nSPS) is 12.8. The van der Waals surface area contributed by atoms with Crippen molar-refractivity contribution in [2.45, 2.75) is 27.2 Å². The topological polar surface area (TPSA) is 66.4 Å². The number of hydrogen-bond acceptors (Lipinski definition) is 2. The maximum atomic E-state index is 12.0. The number of carbonyl (C=O) groups excluding carboxylic acids is 1. The Bertz CT molecular complexity index is 477. The molecule has 0 spiro atoms. The molecule has 0 aliphatic carbocycles. The molecule has 1 atom stereocenters. The fourth-order valence-corrected chi connectivity index (χ4v) is 1.94. The number of carboxylic acids is 1. The van der Waals surface area contributed by atoms with Crippen LogP contribution in [0.1, 0.15) is 37.6 Å². The summed E-state index contributed by atoms with van der Waals surface area (Å²) >= 11 is 5.76. The molecule has 0 saturated heterocycles. The number of nitrogens with one attached hydrogen (secondary N) is 1. The summed E-state index contributed by atoms with van der Waals surface area (Å²) in [4.78, 5) is 22.9. The predicted molar refractivity (Wildman–Crippen MR) is 79.0 cm³/mol. The van der Waals surface area contributed by atoms with Gasteiger partial charge in [0.2, 0.25) is 0 Å². The smallest absolute Gasteiger partial charge is 0.303 e. The first-order valence-electron chi connectivity index (χ1n) is 6.45. The average molecular weight is 298 g/mol. The summed E-state index contributed by atoms with van der Waals surface area (Å²) in [5, 5.41) is 12.3. The zero-order valence-electron chi connectivity index (χ0n) is 11.9. The highest BCUT2D eigenvalue weighted by atomic mass is 35.5. The van der Waals surface area contributed by atoms with E-state index in [0.29, 0.717) is 17.1 Å². The van der Waals surface area contributed by atoms with Crippen molar-refractivity contribution in [2.24, 2.45) is 11.3 Å². The quantitative estimate of drug-likeness (QED) is 0.877. The lowest BCUT2D eigenvalue weighted by molar-refractivity contribution is -0.139. The SMILES string of the molecule is CC(C)(C)C(CNC(=O)c1ccc(Cl)cc1)CC(=O)O. The van der Waals surface area contributed by atoms with Crippen LogP contribution in [0.3, 0.4) is 0 Å². The first-order chi connectivity index (χ1) is 9.20. The number of amides is 1. The Morgan fingerprint density at radius 2 is 1.80 bits per heavy atom. The molecule has 5 heteroatoms. The third-order valence-electron chi connectivity index (χ3n) is 3.26. The standard InChI is InChI=1S/C15H20ClNO3/c1-15(2,3)11(8-13(18)19)9-17-14(20)10-4-6-12(16)7-5-10/h4-7,11H,8-9H2,1-3H3,(H,17,20)(H,18,19). The third-order valence-corrected chi connectivity index (χ3v) is 3.51. The maximum Gasteiger partial charge on any atom is 0.303 e. The summed E-state index contributed by atoms with van der Waals surface area (Å²) in [5.74, 6) is -1.21. The zero-order valence-corrected chi connectivity index (χ0v) is 12.7. The van der Waals surface area contributed by atoms with Gasteiger partial charge in [-0.1, -0.05) is 32.4 Å². The molecule has 0 bridgehead atoms. The Kier molecular flexibility index (Phi) is 5.57. The van der Waals surface area contributed by atoms with Crippen molar-refractivity contribution in [3.63, 3.8) is 0 Å². The number of carboxylic acid groups (broad SMARTS) is 1. The van der Waals surface area contributed by atoms with E-state index in [9.17, 15) is 9.59 Å². The van der Waals surface area contributed by atoms with Crippen LogP contribution in [0.25, 0.3) is 0 Å². The highest BCUT2D eigenvalue weighted by Crippen LogP contribution is 2.28. The van der Waals surface area contributed by atoms with Gasteiger partial charge in [-0.15, -0.1) is 0 Å². The molecule has 0 saturated carbocycles. The highest BCUT2D eigenvalue weighted by molar-refractivity contribution is 6.30. The Labute approximate surface area is 124 Å². The van der Waals surface area contributed by atoms with Gasteiger partial charge in [-0.25, -0.2) is 0 Å². The second-order valence-corrected chi connectivity index (χ2v) is 6.31. The van der Waals surface area contributed by atoms with Gasteiger partial charge in [-0.2, -0.15) is 0 Å². The van der Waals surface area contributed by atoms with Crippen LogP contribution in [-0.2, 0) is 4.79 Å². The molecule has 0 heterocycles. The van der Waals surface area contributed by atoms with Gasteiger partial charge in [0.1, 0.15) is 0 Å². The molecule has 110 valence electrons. The van der Waals surface area contributed by atoms with Gasteiger partial charge in [0.25, 0.3) is 5.91 Å². The first kappa shape index (κ1) is 16.5. The molecule has 0 aliphatic heterocycles. The van der Waals surface area contributed by atoms with E-state index >= 15 is 0 Å². The summed E-state index contributed by atoms with van der Waals surface area (Å²) in [6.07, 6.45) is 0.0321. The second-order valence-electron chi connectivity index (χ2n) is 5.88. The lowest BCUT2D eigenvalue weighted by Crippen LogP contribution is -2.36. The molecule has 1 rings (SSSR count). The van der Waals surface area contributed by atoms with Crippen LogP contribution in [0.15, 0.2) is 24.3 Å². The molecule has 1 aromatic carbocycles. The molecule has 0 fully saturated rings. The highest BCUT2D eigenvalue weighted by Gasteiger charge is 2.27. The van der Waals surface area contributed by atoms with Crippen molar-refractivity contribution in [1.29, 1.82) is 0 Å². The van der Waals surface area contributed by atoms with Gasteiger partial charge in [0.15, 0.2) is 0 Å². The first-order valence-corrected chi connectivity index (χ1v) is 6.83. The van der Waals surface area contributed by atoms with Gasteiger partial charge in [0, 0.05) is 17.1 Å². The minimum absolute atomic E-state index is 0.0321. The Morgan fingerprint density at radius 1 is 1.25 bits per heavy atom. The molecule has 2 N–H and O–H groups in total. The van der Waals surface area contributed by atoms with E-state index in [1.165, 1.54) is 0 Å². The summed E-state index contributed by atoms with van der Waals surface area (Å²) in [7, 11) is 0. The number of halogens is 1. The van der Waals surface area contributed by atoms with Crippen LogP contribution in [0, 0.1) is 11.3 Å². The molecular weight excluding hydrogens is 278 g/mol. The number of hydrogen-bond donors (Lipinski definition) is 2. The fourth-order valence-electron chi connectivity index (χ4n) is 1.81. The van der Waals surface area contributed by atoms with Crippen LogP contribution in [0.4, 0.5) is 0 Å². The second kappa shape index (κ2) is 6.75. The molecule has 0 aromatic heterocycles. The molecule has 4 nitrogen and oxygen atoms in total. The van der Waals surface area contributed by atoms with E-state index in [0.717, 1.165) is 0 Å². The third kappa shape index (κ3) is 5.21. The monoisotopic (exact) mass is 297 g/mol. The molecular formula is C15H20ClNO3. The molecule has 20 heavy (non-hydrogen) atoms. The van der Waals surface area contributed by atoms with Crippen molar-refractivity contribution >= 4 is 23.5 Å². The summed E-state index contributed by atoms with van der Waals surface area (Å²) < 4.78 is 0. The van der Waals surface area contributed by atoms with E-state index in [1.54, 1.807) is 24.3 Å². The summed E-state index contributed by atoms with van der Waals surface area (Å²) in [6, 6.07) is 6.58. The lowest BCUT2D eigenvalue weighted by atomic mass is 9.78.